The highest BCUT2D eigenvalue weighted by atomic mass is 16.4. The molecule has 2 aliphatic carbocycles. The first-order chi connectivity index (χ1) is 8.57. The first-order valence-electron chi connectivity index (χ1n) is 5.51. The van der Waals surface area contributed by atoms with Gasteiger partial charge in [0.25, 0.3) is 0 Å². The molecule has 0 bridgehead atoms. The van der Waals surface area contributed by atoms with Gasteiger partial charge in [0.1, 0.15) is 0 Å². The second-order valence-electron chi connectivity index (χ2n) is 4.58. The quantitative estimate of drug-likeness (QED) is 0.846. The molecule has 1 aromatic heterocycles. The third-order valence-electron chi connectivity index (χ3n) is 3.12. The Morgan fingerprint density at radius 3 is 3.06 bits per heavy atom. The van der Waals surface area contributed by atoms with Crippen LogP contribution in [0.4, 0.5) is 6.01 Å². The molecule has 1 unspecified atom stereocenters. The fourth-order valence-corrected chi connectivity index (χ4v) is 1.85. The van der Waals surface area contributed by atoms with Crippen molar-refractivity contribution in [2.24, 2.45) is 5.41 Å². The Hall–Kier alpha value is -2.37. The predicted molar refractivity (Wildman–Crippen MR) is 62.9 cm³/mol. The van der Waals surface area contributed by atoms with E-state index in [1.165, 1.54) is 5.57 Å². The van der Waals surface area contributed by atoms with Crippen LogP contribution in [-0.4, -0.2) is 21.3 Å². The van der Waals surface area contributed by atoms with Crippen LogP contribution in [0.5, 0.6) is 0 Å². The summed E-state index contributed by atoms with van der Waals surface area (Å²) in [6.45, 7) is 2.17. The number of aromatic nitrogens is 2. The Morgan fingerprint density at radius 1 is 1.50 bits per heavy atom. The number of fused-ring (bicyclic) bond motifs is 1. The number of nitrogens with zero attached hydrogens (tertiary/aromatic N) is 2. The number of carbonyl (C=O) groups is 1. The van der Waals surface area contributed by atoms with E-state index in [1.807, 2.05) is 12.2 Å². The summed E-state index contributed by atoms with van der Waals surface area (Å²) >= 11 is 0. The van der Waals surface area contributed by atoms with E-state index >= 15 is 0 Å². The molecule has 3 rings (SSSR count). The Bertz CT molecular complexity index is 612. The number of carboxylic acid groups (broad SMARTS) is 1. The predicted octanol–water partition coefficient (Wildman–Crippen LogP) is 1.97. The van der Waals surface area contributed by atoms with Crippen molar-refractivity contribution < 1.29 is 14.3 Å². The molecule has 18 heavy (non-hydrogen) atoms. The van der Waals surface area contributed by atoms with E-state index in [-0.39, 0.29) is 11.4 Å². The van der Waals surface area contributed by atoms with E-state index in [4.69, 9.17) is 9.52 Å². The maximum Gasteiger partial charge on any atom is 0.393 e. The van der Waals surface area contributed by atoms with Crippen LogP contribution in [-0.2, 0) is 0 Å². The van der Waals surface area contributed by atoms with Gasteiger partial charge in [-0.3, -0.25) is 0 Å². The largest absolute Gasteiger partial charge is 0.474 e. The van der Waals surface area contributed by atoms with Gasteiger partial charge >= 0.3 is 17.9 Å². The third-order valence-corrected chi connectivity index (χ3v) is 3.12. The molecule has 0 aromatic carbocycles. The van der Waals surface area contributed by atoms with Crippen molar-refractivity contribution in [2.45, 2.75) is 13.3 Å². The van der Waals surface area contributed by atoms with Gasteiger partial charge in [0.15, 0.2) is 0 Å². The van der Waals surface area contributed by atoms with Gasteiger partial charge in [0, 0.05) is 11.1 Å². The lowest BCUT2D eigenvalue weighted by molar-refractivity contribution is 0.0654. The van der Waals surface area contributed by atoms with E-state index in [2.05, 4.69) is 34.6 Å². The van der Waals surface area contributed by atoms with Gasteiger partial charge in [-0.05, 0) is 18.6 Å². The average molecular weight is 245 g/mol. The lowest BCUT2D eigenvalue weighted by Crippen LogP contribution is -1.97. The molecular formula is C12H11N3O3. The van der Waals surface area contributed by atoms with Gasteiger partial charge in [-0.25, -0.2) is 4.79 Å². The van der Waals surface area contributed by atoms with E-state index < -0.39 is 11.9 Å². The van der Waals surface area contributed by atoms with Crippen molar-refractivity contribution in [2.75, 3.05) is 5.32 Å². The zero-order chi connectivity index (χ0) is 12.8. The van der Waals surface area contributed by atoms with E-state index in [0.717, 1.165) is 12.1 Å². The molecule has 92 valence electrons. The van der Waals surface area contributed by atoms with Crippen molar-refractivity contribution in [1.82, 2.24) is 10.2 Å². The molecule has 1 fully saturated rings. The van der Waals surface area contributed by atoms with Gasteiger partial charge in [0.2, 0.25) is 0 Å². The maximum absolute atomic E-state index is 10.6. The molecule has 1 aromatic rings. The summed E-state index contributed by atoms with van der Waals surface area (Å²) in [5, 5.41) is 18.5. The second kappa shape index (κ2) is 3.56. The average Bonchev–Trinajstić information content (AvgIpc) is 2.79. The van der Waals surface area contributed by atoms with Crippen molar-refractivity contribution in [3.63, 3.8) is 0 Å². The monoisotopic (exact) mass is 245 g/mol. The van der Waals surface area contributed by atoms with Crippen LogP contribution >= 0.6 is 0 Å². The summed E-state index contributed by atoms with van der Waals surface area (Å²) in [7, 11) is 0. The highest BCUT2D eigenvalue weighted by Crippen LogP contribution is 2.53. The first kappa shape index (κ1) is 10.8. The fraction of sp³-hybridized carbons (Fsp3) is 0.250. The Balaban J connectivity index is 1.77. The molecule has 6 nitrogen and oxygen atoms in total. The number of hydrogen-bond donors (Lipinski definition) is 2. The SMILES string of the molecule is CC12C=CC(Nc3nnc(C(=O)O)o3)=CC=C1C2. The summed E-state index contributed by atoms with van der Waals surface area (Å²) in [5.74, 6) is -1.67. The molecule has 0 aliphatic heterocycles. The molecule has 0 amide bonds. The summed E-state index contributed by atoms with van der Waals surface area (Å²) in [6.07, 6.45) is 9.10. The smallest absolute Gasteiger partial charge is 0.393 e. The van der Waals surface area contributed by atoms with Crippen LogP contribution in [0.3, 0.4) is 0 Å². The molecule has 0 radical (unpaired) electrons. The number of carboxylic acids is 1. The van der Waals surface area contributed by atoms with Gasteiger partial charge in [-0.1, -0.05) is 34.8 Å². The van der Waals surface area contributed by atoms with Gasteiger partial charge in [-0.15, -0.1) is 0 Å². The topological polar surface area (TPSA) is 88.2 Å². The molecular weight excluding hydrogens is 234 g/mol. The minimum atomic E-state index is -1.24. The molecule has 2 aliphatic rings. The van der Waals surface area contributed by atoms with Crippen LogP contribution in [0.15, 0.2) is 40.0 Å². The van der Waals surface area contributed by atoms with Crippen LogP contribution < -0.4 is 5.32 Å². The lowest BCUT2D eigenvalue weighted by Gasteiger charge is -2.01. The zero-order valence-electron chi connectivity index (χ0n) is 9.67. The van der Waals surface area contributed by atoms with Crippen LogP contribution in [0.1, 0.15) is 24.0 Å². The number of allylic oxidation sites excluding steroid dienone is 5. The summed E-state index contributed by atoms with van der Waals surface area (Å²) in [5.41, 5.74) is 2.35. The lowest BCUT2D eigenvalue weighted by atomic mass is 10.1. The van der Waals surface area contributed by atoms with Crippen molar-refractivity contribution in [3.8, 4) is 0 Å². The van der Waals surface area contributed by atoms with Crippen LogP contribution in [0, 0.1) is 5.41 Å². The van der Waals surface area contributed by atoms with Crippen molar-refractivity contribution in [3.05, 3.63) is 41.5 Å². The third kappa shape index (κ3) is 1.81. The molecule has 2 N–H and O–H groups in total. The molecule has 1 heterocycles. The van der Waals surface area contributed by atoms with E-state index in [9.17, 15) is 4.79 Å². The molecule has 6 heteroatoms. The number of hydrogen-bond acceptors (Lipinski definition) is 5. The summed E-state index contributed by atoms with van der Waals surface area (Å²) < 4.78 is 4.92. The van der Waals surface area contributed by atoms with Gasteiger partial charge in [-0.2, -0.15) is 0 Å². The second-order valence-corrected chi connectivity index (χ2v) is 4.58. The highest BCUT2D eigenvalue weighted by molar-refractivity contribution is 5.82. The zero-order valence-corrected chi connectivity index (χ0v) is 9.67. The molecule has 0 spiro atoms. The molecule has 0 saturated heterocycles. The standard InChI is InChI=1S/C12H11N3O3/c1-12-5-4-8(3-2-7(12)6-12)13-11-15-14-9(18-11)10(16)17/h2-5H,6H2,1H3,(H,13,15)(H,16,17). The van der Waals surface area contributed by atoms with Crippen molar-refractivity contribution >= 4 is 12.0 Å². The highest BCUT2D eigenvalue weighted by Gasteiger charge is 2.41. The van der Waals surface area contributed by atoms with E-state index in [0.29, 0.717) is 0 Å². The van der Waals surface area contributed by atoms with Crippen LogP contribution in [0.2, 0.25) is 0 Å². The van der Waals surface area contributed by atoms with Gasteiger partial charge in [0.05, 0.1) is 0 Å². The minimum Gasteiger partial charge on any atom is -0.474 e. The summed E-state index contributed by atoms with van der Waals surface area (Å²) in [6, 6.07) is 0.0717. The van der Waals surface area contributed by atoms with Gasteiger partial charge < -0.3 is 14.8 Å². The Morgan fingerprint density at radius 2 is 2.33 bits per heavy atom. The normalized spacial score (nSPS) is 24.7. The number of nitrogens with one attached hydrogen (secondary N) is 1. The number of rotatable bonds is 3. The Kier molecular flexibility index (Phi) is 2.13. The Labute approximate surface area is 103 Å². The van der Waals surface area contributed by atoms with Crippen molar-refractivity contribution in [1.29, 1.82) is 0 Å². The maximum atomic E-state index is 10.6. The van der Waals surface area contributed by atoms with E-state index in [1.54, 1.807) is 0 Å². The minimum absolute atomic E-state index is 0.0717. The number of anilines is 1. The molecule has 1 saturated carbocycles. The van der Waals surface area contributed by atoms with Crippen LogP contribution in [0.25, 0.3) is 0 Å². The molecule has 1 atom stereocenters. The first-order valence-corrected chi connectivity index (χ1v) is 5.51. The fourth-order valence-electron chi connectivity index (χ4n) is 1.85. The number of aromatic carboxylic acids is 1. The summed E-state index contributed by atoms with van der Waals surface area (Å²) in [4.78, 5) is 10.6.